The summed E-state index contributed by atoms with van der Waals surface area (Å²) in [5.41, 5.74) is 0.633. The molecule has 6 heteroatoms. The summed E-state index contributed by atoms with van der Waals surface area (Å²) >= 11 is 7.49. The number of hydrogen-bond donors (Lipinski definition) is 1. The van der Waals surface area contributed by atoms with Crippen molar-refractivity contribution in [3.63, 3.8) is 0 Å². The van der Waals surface area contributed by atoms with Crippen molar-refractivity contribution < 1.29 is 14.7 Å². The maximum absolute atomic E-state index is 12.3. The van der Waals surface area contributed by atoms with Crippen molar-refractivity contribution in [2.24, 2.45) is 0 Å². The van der Waals surface area contributed by atoms with Crippen LogP contribution in [-0.4, -0.2) is 28.9 Å². The third kappa shape index (κ3) is 3.62. The molecule has 0 radical (unpaired) electrons. The molecule has 1 heterocycles. The first kappa shape index (κ1) is 15.5. The van der Waals surface area contributed by atoms with Crippen LogP contribution in [0, 0.1) is 0 Å². The molecule has 1 N–H and O–H groups in total. The molecule has 1 amide bonds. The molecule has 0 bridgehead atoms. The summed E-state index contributed by atoms with van der Waals surface area (Å²) in [4.78, 5) is 25.3. The lowest BCUT2D eigenvalue weighted by molar-refractivity contribution is 0.0928. The highest BCUT2D eigenvalue weighted by molar-refractivity contribution is 7.12. The van der Waals surface area contributed by atoms with Gasteiger partial charge in [0.2, 0.25) is 0 Å². The van der Waals surface area contributed by atoms with E-state index >= 15 is 0 Å². The standard InChI is InChI=1S/C15H14ClNO3S/c1-17(15(19)20)12(10-5-2-3-6-11(10)16)9-13(18)14-7-4-8-21-14/h2-8,12H,9H2,1H3,(H,19,20). The average Bonchev–Trinajstić information content (AvgIpc) is 2.99. The number of carbonyl (C=O) groups is 2. The van der Waals surface area contributed by atoms with Crippen molar-refractivity contribution in [2.45, 2.75) is 12.5 Å². The van der Waals surface area contributed by atoms with Crippen LogP contribution in [-0.2, 0) is 0 Å². The molecular weight excluding hydrogens is 310 g/mol. The van der Waals surface area contributed by atoms with E-state index in [1.807, 2.05) is 5.38 Å². The second-order valence-corrected chi connectivity index (χ2v) is 5.89. The Morgan fingerprint density at radius 2 is 2.00 bits per heavy atom. The first-order valence-electron chi connectivity index (χ1n) is 6.27. The summed E-state index contributed by atoms with van der Waals surface area (Å²) in [6, 6.07) is 9.90. The molecule has 0 fully saturated rings. The summed E-state index contributed by atoms with van der Waals surface area (Å²) in [6.07, 6.45) is -1.04. The number of amides is 1. The van der Waals surface area contributed by atoms with Gasteiger partial charge in [0.1, 0.15) is 0 Å². The van der Waals surface area contributed by atoms with E-state index in [9.17, 15) is 14.7 Å². The lowest BCUT2D eigenvalue weighted by atomic mass is 9.99. The molecule has 1 unspecified atom stereocenters. The SMILES string of the molecule is CN(C(=O)O)C(CC(=O)c1cccs1)c1ccccc1Cl. The fourth-order valence-corrected chi connectivity index (χ4v) is 2.98. The van der Waals surface area contributed by atoms with Crippen LogP contribution in [0.4, 0.5) is 4.79 Å². The van der Waals surface area contributed by atoms with Crippen molar-refractivity contribution in [1.82, 2.24) is 4.90 Å². The van der Waals surface area contributed by atoms with Gasteiger partial charge in [-0.25, -0.2) is 4.79 Å². The fourth-order valence-electron chi connectivity index (χ4n) is 2.05. The van der Waals surface area contributed by atoms with Gasteiger partial charge in [-0.1, -0.05) is 35.9 Å². The molecule has 0 aliphatic rings. The van der Waals surface area contributed by atoms with Gasteiger partial charge in [0.05, 0.1) is 10.9 Å². The van der Waals surface area contributed by atoms with Crippen molar-refractivity contribution >= 4 is 34.8 Å². The van der Waals surface area contributed by atoms with Gasteiger partial charge < -0.3 is 10.0 Å². The largest absolute Gasteiger partial charge is 0.465 e. The Labute approximate surface area is 131 Å². The van der Waals surface area contributed by atoms with Crippen LogP contribution in [0.15, 0.2) is 41.8 Å². The molecule has 0 spiro atoms. The molecule has 2 aromatic rings. The van der Waals surface area contributed by atoms with E-state index in [1.165, 1.54) is 18.4 Å². The number of nitrogens with zero attached hydrogens (tertiary/aromatic N) is 1. The Kier molecular flexibility index (Phi) is 4.98. The van der Waals surface area contributed by atoms with Crippen LogP contribution < -0.4 is 0 Å². The molecular formula is C15H14ClNO3S. The Bertz CT molecular complexity index is 642. The maximum atomic E-state index is 12.3. The van der Waals surface area contributed by atoms with Crippen LogP contribution in [0.5, 0.6) is 0 Å². The van der Waals surface area contributed by atoms with Gasteiger partial charge in [-0.3, -0.25) is 4.79 Å². The third-order valence-electron chi connectivity index (χ3n) is 3.21. The Hall–Kier alpha value is -1.85. The fraction of sp³-hybridized carbons (Fsp3) is 0.200. The summed E-state index contributed by atoms with van der Waals surface area (Å²) < 4.78 is 0. The van der Waals surface area contributed by atoms with E-state index in [2.05, 4.69) is 0 Å². The van der Waals surface area contributed by atoms with E-state index in [0.29, 0.717) is 15.5 Å². The second kappa shape index (κ2) is 6.74. The minimum Gasteiger partial charge on any atom is -0.465 e. The van der Waals surface area contributed by atoms with Gasteiger partial charge in [-0.15, -0.1) is 11.3 Å². The number of Topliss-reactive ketones (excluding diaryl/α,β-unsaturated/α-hetero) is 1. The Balaban J connectivity index is 2.31. The highest BCUT2D eigenvalue weighted by atomic mass is 35.5. The summed E-state index contributed by atoms with van der Waals surface area (Å²) in [5.74, 6) is -0.0944. The predicted octanol–water partition coefficient (Wildman–Crippen LogP) is 4.33. The van der Waals surface area contributed by atoms with Crippen LogP contribution in [0.25, 0.3) is 0 Å². The zero-order chi connectivity index (χ0) is 15.4. The first-order valence-corrected chi connectivity index (χ1v) is 7.53. The maximum Gasteiger partial charge on any atom is 0.407 e. The second-order valence-electron chi connectivity index (χ2n) is 4.54. The van der Waals surface area contributed by atoms with Crippen LogP contribution in [0.2, 0.25) is 5.02 Å². The number of thiophene rings is 1. The van der Waals surface area contributed by atoms with E-state index in [1.54, 1.807) is 36.4 Å². The number of halogens is 1. The topological polar surface area (TPSA) is 57.6 Å². The minimum atomic E-state index is -1.10. The third-order valence-corrected chi connectivity index (χ3v) is 4.46. The van der Waals surface area contributed by atoms with Gasteiger partial charge >= 0.3 is 6.09 Å². The quantitative estimate of drug-likeness (QED) is 0.833. The molecule has 110 valence electrons. The van der Waals surface area contributed by atoms with Crippen LogP contribution >= 0.6 is 22.9 Å². The van der Waals surface area contributed by atoms with E-state index < -0.39 is 12.1 Å². The zero-order valence-electron chi connectivity index (χ0n) is 11.3. The van der Waals surface area contributed by atoms with E-state index in [0.717, 1.165) is 4.90 Å². The summed E-state index contributed by atoms with van der Waals surface area (Å²) in [7, 11) is 1.44. The normalized spacial score (nSPS) is 11.9. The van der Waals surface area contributed by atoms with Crippen LogP contribution in [0.1, 0.15) is 27.7 Å². The smallest absolute Gasteiger partial charge is 0.407 e. The summed E-state index contributed by atoms with van der Waals surface area (Å²) in [5, 5.41) is 11.5. The van der Waals surface area contributed by atoms with Crippen molar-refractivity contribution in [3.05, 3.63) is 57.2 Å². The highest BCUT2D eigenvalue weighted by Crippen LogP contribution is 2.31. The van der Waals surface area contributed by atoms with Crippen molar-refractivity contribution in [1.29, 1.82) is 0 Å². The van der Waals surface area contributed by atoms with E-state index in [4.69, 9.17) is 11.6 Å². The van der Waals surface area contributed by atoms with Gasteiger partial charge in [0.15, 0.2) is 5.78 Å². The predicted molar refractivity (Wildman–Crippen MR) is 83.2 cm³/mol. The summed E-state index contributed by atoms with van der Waals surface area (Å²) in [6.45, 7) is 0. The van der Waals surface area contributed by atoms with Gasteiger partial charge in [-0.2, -0.15) is 0 Å². The molecule has 4 nitrogen and oxygen atoms in total. The number of benzene rings is 1. The number of ketones is 1. The Morgan fingerprint density at radius 3 is 2.57 bits per heavy atom. The van der Waals surface area contributed by atoms with Crippen molar-refractivity contribution in [2.75, 3.05) is 7.05 Å². The molecule has 21 heavy (non-hydrogen) atoms. The molecule has 2 rings (SSSR count). The molecule has 1 aromatic heterocycles. The monoisotopic (exact) mass is 323 g/mol. The molecule has 1 atom stereocenters. The first-order chi connectivity index (χ1) is 10.0. The zero-order valence-corrected chi connectivity index (χ0v) is 12.9. The molecule has 0 saturated carbocycles. The van der Waals surface area contributed by atoms with Crippen molar-refractivity contribution in [3.8, 4) is 0 Å². The highest BCUT2D eigenvalue weighted by Gasteiger charge is 2.26. The number of hydrogen-bond acceptors (Lipinski definition) is 3. The minimum absolute atomic E-state index is 0.0625. The Morgan fingerprint density at radius 1 is 1.29 bits per heavy atom. The number of carbonyl (C=O) groups excluding carboxylic acids is 1. The lowest BCUT2D eigenvalue weighted by Gasteiger charge is -2.26. The lowest BCUT2D eigenvalue weighted by Crippen LogP contribution is -2.31. The number of rotatable bonds is 5. The molecule has 0 aliphatic heterocycles. The van der Waals surface area contributed by atoms with Crippen LogP contribution in [0.3, 0.4) is 0 Å². The van der Waals surface area contributed by atoms with Gasteiger partial charge in [0.25, 0.3) is 0 Å². The van der Waals surface area contributed by atoms with E-state index in [-0.39, 0.29) is 12.2 Å². The average molecular weight is 324 g/mol. The molecule has 0 aliphatic carbocycles. The molecule has 1 aromatic carbocycles. The molecule has 0 saturated heterocycles. The number of carboxylic acid groups (broad SMARTS) is 1. The van der Waals surface area contributed by atoms with Gasteiger partial charge in [0, 0.05) is 18.5 Å². The van der Waals surface area contributed by atoms with Gasteiger partial charge in [-0.05, 0) is 23.1 Å².